The molecule has 2 unspecified atom stereocenters. The zero-order valence-corrected chi connectivity index (χ0v) is 10.9. The first-order valence-electron chi connectivity index (χ1n) is 6.93. The molecule has 0 radical (unpaired) electrons. The van der Waals surface area contributed by atoms with E-state index in [1.165, 1.54) is 19.3 Å². The summed E-state index contributed by atoms with van der Waals surface area (Å²) in [4.78, 5) is 4.18. The van der Waals surface area contributed by atoms with Gasteiger partial charge in [0.1, 0.15) is 5.75 Å². The molecule has 3 nitrogen and oxygen atoms in total. The zero-order chi connectivity index (χ0) is 12.6. The Morgan fingerprint density at radius 3 is 2.83 bits per heavy atom. The average molecular weight is 247 g/mol. The van der Waals surface area contributed by atoms with E-state index in [-0.39, 0.29) is 0 Å². The lowest BCUT2D eigenvalue weighted by Gasteiger charge is -2.37. The third-order valence-electron chi connectivity index (χ3n) is 4.54. The van der Waals surface area contributed by atoms with Gasteiger partial charge in [0.2, 0.25) is 0 Å². The molecular formula is C15H21NO2. The molecule has 2 fully saturated rings. The van der Waals surface area contributed by atoms with Crippen molar-refractivity contribution in [3.63, 3.8) is 0 Å². The van der Waals surface area contributed by atoms with Gasteiger partial charge in [-0.1, -0.05) is 0 Å². The Morgan fingerprint density at radius 2 is 2.11 bits per heavy atom. The fourth-order valence-corrected chi connectivity index (χ4v) is 3.31. The highest BCUT2D eigenvalue weighted by Gasteiger charge is 2.42. The SMILES string of the molecule is COc1cncc(C2(O)CCCC(C3CC3)C2)c1. The number of rotatable bonds is 3. The van der Waals surface area contributed by atoms with Crippen molar-refractivity contribution < 1.29 is 9.84 Å². The Bertz CT molecular complexity index is 430. The quantitative estimate of drug-likeness (QED) is 0.893. The first kappa shape index (κ1) is 12.0. The van der Waals surface area contributed by atoms with Crippen molar-refractivity contribution in [3.8, 4) is 5.75 Å². The molecule has 1 aromatic heterocycles. The molecular weight excluding hydrogens is 226 g/mol. The van der Waals surface area contributed by atoms with E-state index in [2.05, 4.69) is 4.98 Å². The zero-order valence-electron chi connectivity index (χ0n) is 10.9. The lowest BCUT2D eigenvalue weighted by Crippen LogP contribution is -2.33. The van der Waals surface area contributed by atoms with Gasteiger partial charge < -0.3 is 9.84 Å². The molecule has 1 N–H and O–H groups in total. The molecule has 0 aliphatic heterocycles. The van der Waals surface area contributed by atoms with Gasteiger partial charge in [-0.3, -0.25) is 4.98 Å². The maximum absolute atomic E-state index is 10.9. The molecule has 0 spiro atoms. The second kappa shape index (κ2) is 4.54. The molecule has 2 saturated carbocycles. The normalized spacial score (nSPS) is 32.2. The highest BCUT2D eigenvalue weighted by Crippen LogP contribution is 2.49. The molecule has 2 aliphatic rings. The lowest BCUT2D eigenvalue weighted by atomic mass is 9.73. The van der Waals surface area contributed by atoms with Crippen LogP contribution >= 0.6 is 0 Å². The van der Waals surface area contributed by atoms with Crippen LogP contribution < -0.4 is 4.74 Å². The van der Waals surface area contributed by atoms with E-state index in [9.17, 15) is 5.11 Å². The smallest absolute Gasteiger partial charge is 0.137 e. The van der Waals surface area contributed by atoms with Crippen molar-refractivity contribution in [2.45, 2.75) is 44.1 Å². The minimum atomic E-state index is -0.687. The first-order chi connectivity index (χ1) is 8.71. The van der Waals surface area contributed by atoms with Crippen molar-refractivity contribution >= 4 is 0 Å². The Hall–Kier alpha value is -1.09. The third kappa shape index (κ3) is 2.24. The average Bonchev–Trinajstić information content (AvgIpc) is 3.23. The molecule has 2 aliphatic carbocycles. The Balaban J connectivity index is 1.83. The van der Waals surface area contributed by atoms with Gasteiger partial charge in [-0.15, -0.1) is 0 Å². The van der Waals surface area contributed by atoms with Crippen LogP contribution in [0.5, 0.6) is 5.75 Å². The topological polar surface area (TPSA) is 42.4 Å². The highest BCUT2D eigenvalue weighted by atomic mass is 16.5. The molecule has 18 heavy (non-hydrogen) atoms. The van der Waals surface area contributed by atoms with E-state index < -0.39 is 5.60 Å². The molecule has 1 heterocycles. The summed E-state index contributed by atoms with van der Waals surface area (Å²) >= 11 is 0. The number of hydrogen-bond acceptors (Lipinski definition) is 3. The maximum Gasteiger partial charge on any atom is 0.137 e. The van der Waals surface area contributed by atoms with Crippen LogP contribution in [-0.4, -0.2) is 17.2 Å². The summed E-state index contributed by atoms with van der Waals surface area (Å²) in [6.07, 6.45) is 10.3. The lowest BCUT2D eigenvalue weighted by molar-refractivity contribution is -0.0255. The fraction of sp³-hybridized carbons (Fsp3) is 0.667. The van der Waals surface area contributed by atoms with E-state index >= 15 is 0 Å². The van der Waals surface area contributed by atoms with Crippen LogP contribution in [0.4, 0.5) is 0 Å². The van der Waals surface area contributed by atoms with Gasteiger partial charge in [-0.05, 0) is 56.4 Å². The number of methoxy groups -OCH3 is 1. The van der Waals surface area contributed by atoms with E-state index in [4.69, 9.17) is 4.74 Å². The summed E-state index contributed by atoms with van der Waals surface area (Å²) in [5.74, 6) is 2.31. The monoisotopic (exact) mass is 247 g/mol. The Morgan fingerprint density at radius 1 is 1.28 bits per heavy atom. The number of ether oxygens (including phenoxy) is 1. The summed E-state index contributed by atoms with van der Waals surface area (Å²) in [6.45, 7) is 0. The standard InChI is InChI=1S/C15H21NO2/c1-18-14-7-13(9-16-10-14)15(17)6-2-3-12(8-15)11-4-5-11/h7,9-12,17H,2-6,8H2,1H3. The predicted octanol–water partition coefficient (Wildman–Crippen LogP) is 2.88. The molecule has 0 aromatic carbocycles. The highest BCUT2D eigenvalue weighted by molar-refractivity contribution is 5.28. The maximum atomic E-state index is 10.9. The number of pyridine rings is 1. The molecule has 3 heteroatoms. The van der Waals surface area contributed by atoms with E-state index in [0.717, 1.165) is 36.5 Å². The second-order valence-corrected chi connectivity index (χ2v) is 5.84. The van der Waals surface area contributed by atoms with Crippen molar-refractivity contribution in [2.24, 2.45) is 11.8 Å². The Labute approximate surface area is 108 Å². The molecule has 1 aromatic rings. The predicted molar refractivity (Wildman–Crippen MR) is 69.4 cm³/mol. The van der Waals surface area contributed by atoms with Crippen LogP contribution in [0, 0.1) is 11.8 Å². The minimum absolute atomic E-state index is 0.687. The van der Waals surface area contributed by atoms with Gasteiger partial charge in [0.15, 0.2) is 0 Å². The fourth-order valence-electron chi connectivity index (χ4n) is 3.31. The summed E-state index contributed by atoms with van der Waals surface area (Å²) in [6, 6.07) is 1.93. The van der Waals surface area contributed by atoms with Crippen molar-refractivity contribution in [1.29, 1.82) is 0 Å². The van der Waals surface area contributed by atoms with E-state index in [1.807, 2.05) is 6.07 Å². The summed E-state index contributed by atoms with van der Waals surface area (Å²) in [5, 5.41) is 10.9. The first-order valence-corrected chi connectivity index (χ1v) is 6.93. The van der Waals surface area contributed by atoms with Gasteiger partial charge in [0.25, 0.3) is 0 Å². The molecule has 3 rings (SSSR count). The molecule has 2 atom stereocenters. The van der Waals surface area contributed by atoms with Crippen LogP contribution in [-0.2, 0) is 5.60 Å². The third-order valence-corrected chi connectivity index (χ3v) is 4.54. The summed E-state index contributed by atoms with van der Waals surface area (Å²) < 4.78 is 5.20. The van der Waals surface area contributed by atoms with Crippen molar-refractivity contribution in [1.82, 2.24) is 4.98 Å². The van der Waals surface area contributed by atoms with E-state index in [1.54, 1.807) is 19.5 Å². The van der Waals surface area contributed by atoms with Gasteiger partial charge in [-0.2, -0.15) is 0 Å². The van der Waals surface area contributed by atoms with Crippen LogP contribution in [0.1, 0.15) is 44.1 Å². The molecule has 0 saturated heterocycles. The van der Waals surface area contributed by atoms with Crippen molar-refractivity contribution in [2.75, 3.05) is 7.11 Å². The largest absolute Gasteiger partial charge is 0.495 e. The number of aliphatic hydroxyl groups is 1. The van der Waals surface area contributed by atoms with Crippen LogP contribution in [0.25, 0.3) is 0 Å². The van der Waals surface area contributed by atoms with Crippen molar-refractivity contribution in [3.05, 3.63) is 24.0 Å². The van der Waals surface area contributed by atoms with E-state index in [0.29, 0.717) is 5.92 Å². The van der Waals surface area contributed by atoms with Gasteiger partial charge >= 0.3 is 0 Å². The minimum Gasteiger partial charge on any atom is -0.495 e. The van der Waals surface area contributed by atoms with Gasteiger partial charge in [-0.25, -0.2) is 0 Å². The Kier molecular flexibility index (Phi) is 3.02. The summed E-state index contributed by atoms with van der Waals surface area (Å²) in [5.41, 5.74) is 0.236. The second-order valence-electron chi connectivity index (χ2n) is 5.84. The number of hydrogen-bond donors (Lipinski definition) is 1. The van der Waals surface area contributed by atoms with Gasteiger partial charge in [0, 0.05) is 11.8 Å². The van der Waals surface area contributed by atoms with Crippen LogP contribution in [0.15, 0.2) is 18.5 Å². The van der Waals surface area contributed by atoms with Gasteiger partial charge in [0.05, 0.1) is 18.9 Å². The van der Waals surface area contributed by atoms with Crippen LogP contribution in [0.2, 0.25) is 0 Å². The van der Waals surface area contributed by atoms with Crippen LogP contribution in [0.3, 0.4) is 0 Å². The molecule has 0 amide bonds. The molecule has 0 bridgehead atoms. The molecule has 98 valence electrons. The number of aromatic nitrogens is 1. The summed E-state index contributed by atoms with van der Waals surface area (Å²) in [7, 11) is 1.64. The number of nitrogens with zero attached hydrogens (tertiary/aromatic N) is 1.